The number of rotatable bonds is 6. The number of nitrogens with zero attached hydrogens (tertiary/aromatic N) is 1. The number of esters is 1. The van der Waals surface area contributed by atoms with Gasteiger partial charge in [0.15, 0.2) is 0 Å². The van der Waals surface area contributed by atoms with Crippen LogP contribution in [-0.4, -0.2) is 34.5 Å². The van der Waals surface area contributed by atoms with Crippen LogP contribution in [0.1, 0.15) is 23.1 Å². The highest BCUT2D eigenvalue weighted by molar-refractivity contribution is 7.07. The highest BCUT2D eigenvalue weighted by Crippen LogP contribution is 2.12. The minimum absolute atomic E-state index is 0.278. The molecule has 21 heavy (non-hydrogen) atoms. The van der Waals surface area contributed by atoms with E-state index in [9.17, 15) is 9.59 Å². The minimum Gasteiger partial charge on any atom is -0.461 e. The van der Waals surface area contributed by atoms with Crippen molar-refractivity contribution in [2.45, 2.75) is 19.4 Å². The van der Waals surface area contributed by atoms with Crippen LogP contribution >= 0.6 is 11.3 Å². The third-order valence-electron chi connectivity index (χ3n) is 2.70. The van der Waals surface area contributed by atoms with Gasteiger partial charge < -0.3 is 20.8 Å². The normalized spacial score (nSPS) is 11.9. The molecule has 0 aliphatic carbocycles. The van der Waals surface area contributed by atoms with Crippen molar-refractivity contribution in [1.29, 1.82) is 0 Å². The summed E-state index contributed by atoms with van der Waals surface area (Å²) in [5.74, 6) is -0.804. The molecule has 0 aromatic carbocycles. The van der Waals surface area contributed by atoms with Crippen molar-refractivity contribution in [3.63, 3.8) is 0 Å². The summed E-state index contributed by atoms with van der Waals surface area (Å²) in [7, 11) is 0. The number of hydrogen-bond donors (Lipinski definition) is 3. The topological polar surface area (TPSA) is 110 Å². The predicted molar refractivity (Wildman–Crippen MR) is 79.2 cm³/mol. The fourth-order valence-electron chi connectivity index (χ4n) is 1.68. The minimum atomic E-state index is -0.701. The van der Waals surface area contributed by atoms with Crippen molar-refractivity contribution in [3.8, 4) is 0 Å². The number of thiazole rings is 1. The van der Waals surface area contributed by atoms with Crippen LogP contribution in [0.15, 0.2) is 23.2 Å². The van der Waals surface area contributed by atoms with Crippen LogP contribution in [0.2, 0.25) is 0 Å². The lowest BCUT2D eigenvalue weighted by molar-refractivity contribution is -0.117. The lowest BCUT2D eigenvalue weighted by Gasteiger charge is -2.09. The summed E-state index contributed by atoms with van der Waals surface area (Å²) in [5, 5.41) is 4.49. The van der Waals surface area contributed by atoms with E-state index >= 15 is 0 Å². The van der Waals surface area contributed by atoms with Gasteiger partial charge in [0.05, 0.1) is 29.5 Å². The molecule has 0 saturated carbocycles. The highest BCUT2D eigenvalue weighted by atomic mass is 32.1. The smallest absolute Gasteiger partial charge is 0.354 e. The molecule has 112 valence electrons. The Kier molecular flexibility index (Phi) is 5.07. The molecular weight excluding hydrogens is 292 g/mol. The van der Waals surface area contributed by atoms with Crippen LogP contribution in [-0.2, 0) is 16.0 Å². The predicted octanol–water partition coefficient (Wildman–Crippen LogP) is 1.16. The van der Waals surface area contributed by atoms with E-state index in [4.69, 9.17) is 10.5 Å². The van der Waals surface area contributed by atoms with Crippen LogP contribution in [0.25, 0.3) is 0 Å². The van der Waals surface area contributed by atoms with Crippen molar-refractivity contribution in [2.24, 2.45) is 5.73 Å². The van der Waals surface area contributed by atoms with Gasteiger partial charge in [-0.2, -0.15) is 0 Å². The Morgan fingerprint density at radius 2 is 2.38 bits per heavy atom. The summed E-state index contributed by atoms with van der Waals surface area (Å²) in [4.78, 5) is 30.3. The Hall–Kier alpha value is -2.19. The van der Waals surface area contributed by atoms with E-state index in [1.54, 1.807) is 12.4 Å². The van der Waals surface area contributed by atoms with Gasteiger partial charge in [-0.25, -0.2) is 9.78 Å². The van der Waals surface area contributed by atoms with Crippen molar-refractivity contribution < 1.29 is 14.3 Å². The fraction of sp³-hybridized carbons (Fsp3) is 0.308. The van der Waals surface area contributed by atoms with E-state index in [2.05, 4.69) is 15.3 Å². The standard InChI is InChI=1S/C13H16N4O3S/c1-2-20-13(19)11-4-8(5-15-11)17-12(18)10(14)3-9-6-21-7-16-9/h4-7,10,15H,2-3,14H2,1H3,(H,17,18). The zero-order valence-corrected chi connectivity index (χ0v) is 12.3. The summed E-state index contributed by atoms with van der Waals surface area (Å²) in [6, 6.07) is 0.805. The average molecular weight is 308 g/mol. The number of nitrogens with two attached hydrogens (primary N) is 1. The van der Waals surface area contributed by atoms with Crippen LogP contribution in [0.4, 0.5) is 5.69 Å². The number of carbonyl (C=O) groups excluding carboxylic acids is 2. The van der Waals surface area contributed by atoms with E-state index in [0.29, 0.717) is 12.1 Å². The number of H-pyrrole nitrogens is 1. The van der Waals surface area contributed by atoms with Gasteiger partial charge >= 0.3 is 5.97 Å². The Morgan fingerprint density at radius 1 is 1.57 bits per heavy atom. The van der Waals surface area contributed by atoms with Gasteiger partial charge in [-0.15, -0.1) is 11.3 Å². The van der Waals surface area contributed by atoms with Gasteiger partial charge in [0.1, 0.15) is 5.69 Å². The van der Waals surface area contributed by atoms with E-state index in [-0.39, 0.29) is 18.2 Å². The first-order chi connectivity index (χ1) is 10.1. The summed E-state index contributed by atoms with van der Waals surface area (Å²) in [6.45, 7) is 2.01. The number of aromatic nitrogens is 2. The average Bonchev–Trinajstić information content (AvgIpc) is 3.10. The number of carbonyl (C=O) groups is 2. The molecule has 4 N–H and O–H groups in total. The summed E-state index contributed by atoms with van der Waals surface area (Å²) >= 11 is 1.45. The maximum absolute atomic E-state index is 12.0. The third-order valence-corrected chi connectivity index (χ3v) is 3.33. The van der Waals surface area contributed by atoms with E-state index in [1.807, 2.05) is 5.38 Å². The molecular formula is C13H16N4O3S. The van der Waals surface area contributed by atoms with Crippen molar-refractivity contribution >= 4 is 28.9 Å². The van der Waals surface area contributed by atoms with Crippen LogP contribution in [0, 0.1) is 0 Å². The maximum Gasteiger partial charge on any atom is 0.354 e. The van der Waals surface area contributed by atoms with Gasteiger partial charge in [-0.3, -0.25) is 4.79 Å². The van der Waals surface area contributed by atoms with Gasteiger partial charge in [-0.05, 0) is 13.0 Å². The molecule has 2 aromatic heterocycles. The molecule has 0 fully saturated rings. The molecule has 2 aromatic rings. The second-order valence-electron chi connectivity index (χ2n) is 4.30. The summed E-state index contributed by atoms with van der Waals surface area (Å²) in [5.41, 5.74) is 9.04. The fourth-order valence-corrected chi connectivity index (χ4v) is 2.26. The molecule has 7 nitrogen and oxygen atoms in total. The van der Waals surface area contributed by atoms with E-state index in [0.717, 1.165) is 5.69 Å². The van der Waals surface area contributed by atoms with E-state index < -0.39 is 12.0 Å². The van der Waals surface area contributed by atoms with Crippen LogP contribution in [0.3, 0.4) is 0 Å². The van der Waals surface area contributed by atoms with Crippen LogP contribution in [0.5, 0.6) is 0 Å². The SMILES string of the molecule is CCOC(=O)c1cc(NC(=O)C(N)Cc2cscn2)c[nH]1. The molecule has 0 bridgehead atoms. The molecule has 0 aliphatic rings. The molecule has 1 unspecified atom stereocenters. The molecule has 1 amide bonds. The van der Waals surface area contributed by atoms with Crippen molar-refractivity contribution in [2.75, 3.05) is 11.9 Å². The Labute approximate surface area is 125 Å². The molecule has 8 heteroatoms. The molecule has 2 rings (SSSR count). The molecule has 2 heterocycles. The lowest BCUT2D eigenvalue weighted by atomic mass is 10.1. The second kappa shape index (κ2) is 7.00. The lowest BCUT2D eigenvalue weighted by Crippen LogP contribution is -2.37. The summed E-state index contributed by atoms with van der Waals surface area (Å²) < 4.78 is 4.85. The van der Waals surface area contributed by atoms with Gasteiger partial charge in [0.25, 0.3) is 0 Å². The number of anilines is 1. The Balaban J connectivity index is 1.91. The molecule has 0 saturated heterocycles. The first-order valence-corrected chi connectivity index (χ1v) is 7.33. The van der Waals surface area contributed by atoms with Crippen molar-refractivity contribution in [1.82, 2.24) is 9.97 Å². The number of hydrogen-bond acceptors (Lipinski definition) is 6. The zero-order chi connectivity index (χ0) is 15.2. The molecule has 0 radical (unpaired) electrons. The largest absolute Gasteiger partial charge is 0.461 e. The zero-order valence-electron chi connectivity index (χ0n) is 11.5. The first-order valence-electron chi connectivity index (χ1n) is 6.39. The third kappa shape index (κ3) is 4.14. The van der Waals surface area contributed by atoms with Gasteiger partial charge in [0.2, 0.25) is 5.91 Å². The van der Waals surface area contributed by atoms with E-state index in [1.165, 1.54) is 23.6 Å². The number of nitrogens with one attached hydrogen (secondary N) is 2. The highest BCUT2D eigenvalue weighted by Gasteiger charge is 2.17. The second-order valence-corrected chi connectivity index (χ2v) is 5.02. The molecule has 0 aliphatic heterocycles. The number of ether oxygens (including phenoxy) is 1. The maximum atomic E-state index is 12.0. The molecule has 0 spiro atoms. The van der Waals surface area contributed by atoms with Gasteiger partial charge in [-0.1, -0.05) is 0 Å². The number of aromatic amines is 1. The first kappa shape index (κ1) is 15.2. The molecule has 1 atom stereocenters. The van der Waals surface area contributed by atoms with Crippen molar-refractivity contribution in [3.05, 3.63) is 34.5 Å². The summed E-state index contributed by atoms with van der Waals surface area (Å²) in [6.07, 6.45) is 1.88. The van der Waals surface area contributed by atoms with Gasteiger partial charge in [0, 0.05) is 18.0 Å². The quantitative estimate of drug-likeness (QED) is 0.694. The Bertz CT molecular complexity index is 609. The Morgan fingerprint density at radius 3 is 3.05 bits per heavy atom. The van der Waals surface area contributed by atoms with Crippen LogP contribution < -0.4 is 11.1 Å². The number of amides is 1. The monoisotopic (exact) mass is 308 g/mol.